The van der Waals surface area contributed by atoms with E-state index in [-0.39, 0.29) is 17.6 Å². The molecule has 0 aliphatic heterocycles. The summed E-state index contributed by atoms with van der Waals surface area (Å²) in [5.41, 5.74) is -1.20. The molecule has 1 aliphatic carbocycles. The van der Waals surface area contributed by atoms with Gasteiger partial charge in [0.1, 0.15) is 0 Å². The quantitative estimate of drug-likeness (QED) is 0.781. The van der Waals surface area contributed by atoms with E-state index in [4.69, 9.17) is 11.6 Å². The Hall–Kier alpha value is -1.76. The van der Waals surface area contributed by atoms with E-state index in [0.717, 1.165) is 31.7 Å². The molecule has 1 aliphatic rings. The number of hydrogen-bond donors (Lipinski definition) is 2. The van der Waals surface area contributed by atoms with Crippen LogP contribution < -0.4 is 10.6 Å². The second-order valence-corrected chi connectivity index (χ2v) is 6.40. The Morgan fingerprint density at radius 1 is 1.17 bits per heavy atom. The van der Waals surface area contributed by atoms with Crippen LogP contribution in [0.5, 0.6) is 0 Å². The van der Waals surface area contributed by atoms with Crippen LogP contribution in [0.25, 0.3) is 0 Å². The van der Waals surface area contributed by atoms with Crippen LogP contribution in [0.4, 0.5) is 18.9 Å². The summed E-state index contributed by atoms with van der Waals surface area (Å²) in [6.45, 7) is 2.00. The smallest absolute Gasteiger partial charge is 0.345 e. The molecule has 0 heterocycles. The Morgan fingerprint density at radius 2 is 1.83 bits per heavy atom. The minimum Gasteiger partial charge on any atom is -0.345 e. The molecule has 1 aromatic carbocycles. The third kappa shape index (κ3) is 4.63. The lowest BCUT2D eigenvalue weighted by molar-refractivity contribution is -0.137. The van der Waals surface area contributed by atoms with Gasteiger partial charge in [-0.3, -0.25) is 9.59 Å². The minimum absolute atomic E-state index is 0.0899. The first-order chi connectivity index (χ1) is 11.2. The van der Waals surface area contributed by atoms with Crippen molar-refractivity contribution in [2.24, 2.45) is 5.92 Å². The van der Waals surface area contributed by atoms with Crippen molar-refractivity contribution in [1.29, 1.82) is 0 Å². The summed E-state index contributed by atoms with van der Waals surface area (Å²) in [4.78, 5) is 23.8. The number of rotatable bonds is 2. The van der Waals surface area contributed by atoms with Crippen LogP contribution in [-0.2, 0) is 15.8 Å². The van der Waals surface area contributed by atoms with E-state index in [1.165, 1.54) is 6.07 Å². The number of benzene rings is 1. The first kappa shape index (κ1) is 18.6. The van der Waals surface area contributed by atoms with Gasteiger partial charge in [-0.1, -0.05) is 31.4 Å². The minimum atomic E-state index is -4.64. The van der Waals surface area contributed by atoms with Gasteiger partial charge in [0, 0.05) is 11.7 Å². The Balaban J connectivity index is 2.02. The van der Waals surface area contributed by atoms with Gasteiger partial charge in [0.25, 0.3) is 0 Å². The molecule has 0 bridgehead atoms. The van der Waals surface area contributed by atoms with E-state index in [2.05, 4.69) is 10.6 Å². The predicted octanol–water partition coefficient (Wildman–Crippen LogP) is 3.99. The Labute approximate surface area is 142 Å². The zero-order valence-corrected chi connectivity index (χ0v) is 13.8. The molecule has 4 nitrogen and oxygen atoms in total. The topological polar surface area (TPSA) is 58.2 Å². The molecule has 1 saturated carbocycles. The fourth-order valence-corrected chi connectivity index (χ4v) is 3.00. The third-order valence-corrected chi connectivity index (χ3v) is 4.49. The molecule has 0 spiro atoms. The van der Waals surface area contributed by atoms with Crippen LogP contribution in [0.3, 0.4) is 0 Å². The predicted molar refractivity (Wildman–Crippen MR) is 84.6 cm³/mol. The number of anilines is 1. The molecule has 0 aromatic heterocycles. The first-order valence-electron chi connectivity index (χ1n) is 7.67. The van der Waals surface area contributed by atoms with Crippen molar-refractivity contribution in [3.63, 3.8) is 0 Å². The highest BCUT2D eigenvalue weighted by molar-refractivity contribution is 6.39. The summed E-state index contributed by atoms with van der Waals surface area (Å²) in [5, 5.41) is 4.35. The molecular formula is C16H18ClF3N2O2. The van der Waals surface area contributed by atoms with Gasteiger partial charge in [-0.25, -0.2) is 0 Å². The highest BCUT2D eigenvalue weighted by Crippen LogP contribution is 2.36. The lowest BCUT2D eigenvalue weighted by Gasteiger charge is -2.29. The summed E-state index contributed by atoms with van der Waals surface area (Å²) in [7, 11) is 0. The highest BCUT2D eigenvalue weighted by atomic mass is 35.5. The molecule has 132 valence electrons. The molecule has 8 heteroatoms. The van der Waals surface area contributed by atoms with E-state index >= 15 is 0 Å². The molecule has 0 radical (unpaired) electrons. The molecule has 1 fully saturated rings. The van der Waals surface area contributed by atoms with Gasteiger partial charge in [0.05, 0.1) is 10.6 Å². The number of halogens is 4. The van der Waals surface area contributed by atoms with E-state index < -0.39 is 28.6 Å². The van der Waals surface area contributed by atoms with E-state index in [9.17, 15) is 22.8 Å². The Kier molecular flexibility index (Phi) is 5.74. The van der Waals surface area contributed by atoms with E-state index in [1.54, 1.807) is 0 Å². The lowest BCUT2D eigenvalue weighted by Crippen LogP contribution is -2.45. The maximum Gasteiger partial charge on any atom is 0.417 e. The molecule has 0 saturated heterocycles. The normalized spacial score (nSPS) is 21.2. The summed E-state index contributed by atoms with van der Waals surface area (Å²) >= 11 is 5.51. The average molecular weight is 363 g/mol. The van der Waals surface area contributed by atoms with Crippen molar-refractivity contribution in [2.75, 3.05) is 5.32 Å². The van der Waals surface area contributed by atoms with Crippen LogP contribution >= 0.6 is 11.6 Å². The Bertz CT molecular complexity index is 634. The number of carbonyl (C=O) groups is 2. The maximum absolute atomic E-state index is 12.8. The van der Waals surface area contributed by atoms with Crippen LogP contribution in [0.1, 0.15) is 38.2 Å². The number of nitrogens with one attached hydrogen (secondary N) is 2. The van der Waals surface area contributed by atoms with Crippen molar-refractivity contribution in [2.45, 2.75) is 44.8 Å². The number of hydrogen-bond acceptors (Lipinski definition) is 2. The molecule has 0 unspecified atom stereocenters. The molecule has 2 N–H and O–H groups in total. The van der Waals surface area contributed by atoms with Gasteiger partial charge in [0.15, 0.2) is 0 Å². The molecule has 2 amide bonds. The van der Waals surface area contributed by atoms with Crippen molar-refractivity contribution in [3.05, 3.63) is 28.8 Å². The molecule has 24 heavy (non-hydrogen) atoms. The standard InChI is InChI=1S/C16H18ClF3N2O2/c1-9-4-2-3-5-13(9)22-15(24)14(23)21-10-6-7-12(17)11(8-10)16(18,19)20/h6-9,13H,2-5H2,1H3,(H,21,23)(H,22,24)/t9-,13-/m0/s1. The molecular weight excluding hydrogens is 345 g/mol. The number of alkyl halides is 3. The summed E-state index contributed by atoms with van der Waals surface area (Å²) < 4.78 is 38.4. The van der Waals surface area contributed by atoms with Gasteiger partial charge in [-0.15, -0.1) is 0 Å². The van der Waals surface area contributed by atoms with E-state index in [0.29, 0.717) is 6.07 Å². The average Bonchev–Trinajstić information content (AvgIpc) is 2.50. The molecule has 1 aromatic rings. The number of carbonyl (C=O) groups excluding carboxylic acids is 2. The van der Waals surface area contributed by atoms with Gasteiger partial charge < -0.3 is 10.6 Å². The first-order valence-corrected chi connectivity index (χ1v) is 8.05. The van der Waals surface area contributed by atoms with Crippen LogP contribution in [0, 0.1) is 5.92 Å². The van der Waals surface area contributed by atoms with Gasteiger partial charge in [-0.2, -0.15) is 13.2 Å². The zero-order chi connectivity index (χ0) is 17.9. The van der Waals surface area contributed by atoms with Gasteiger partial charge >= 0.3 is 18.0 Å². The van der Waals surface area contributed by atoms with Crippen LogP contribution in [0.2, 0.25) is 5.02 Å². The molecule has 2 rings (SSSR count). The summed E-state index contributed by atoms with van der Waals surface area (Å²) in [6.07, 6.45) is -0.816. The monoisotopic (exact) mass is 362 g/mol. The lowest BCUT2D eigenvalue weighted by atomic mass is 9.86. The van der Waals surface area contributed by atoms with Gasteiger partial charge in [0.2, 0.25) is 0 Å². The fraction of sp³-hybridized carbons (Fsp3) is 0.500. The van der Waals surface area contributed by atoms with Gasteiger partial charge in [-0.05, 0) is 37.0 Å². The second kappa shape index (κ2) is 7.42. The largest absolute Gasteiger partial charge is 0.417 e. The van der Waals surface area contributed by atoms with Crippen molar-refractivity contribution in [1.82, 2.24) is 5.32 Å². The SMILES string of the molecule is C[C@H]1CCCC[C@@H]1NC(=O)C(=O)Nc1ccc(Cl)c(C(F)(F)F)c1. The summed E-state index contributed by atoms with van der Waals surface area (Å²) in [5.74, 6) is -1.58. The zero-order valence-electron chi connectivity index (χ0n) is 13.0. The van der Waals surface area contributed by atoms with Crippen molar-refractivity contribution < 1.29 is 22.8 Å². The maximum atomic E-state index is 12.8. The van der Waals surface area contributed by atoms with Crippen molar-refractivity contribution in [3.8, 4) is 0 Å². The number of amides is 2. The van der Waals surface area contributed by atoms with Crippen molar-refractivity contribution >= 4 is 29.1 Å². The molecule has 2 atom stereocenters. The fourth-order valence-electron chi connectivity index (χ4n) is 2.77. The highest BCUT2D eigenvalue weighted by Gasteiger charge is 2.33. The second-order valence-electron chi connectivity index (χ2n) is 5.99. The van der Waals surface area contributed by atoms with Crippen LogP contribution in [0.15, 0.2) is 18.2 Å². The Morgan fingerprint density at radius 3 is 2.46 bits per heavy atom. The summed E-state index contributed by atoms with van der Waals surface area (Å²) in [6, 6.07) is 2.86. The van der Waals surface area contributed by atoms with E-state index in [1.807, 2.05) is 6.92 Å². The third-order valence-electron chi connectivity index (χ3n) is 4.16. The van der Waals surface area contributed by atoms with Crippen LogP contribution in [-0.4, -0.2) is 17.9 Å².